The van der Waals surface area contributed by atoms with Crippen molar-refractivity contribution in [3.8, 4) is 5.88 Å². The number of hydrogen-bond acceptors (Lipinski definition) is 5. The second kappa shape index (κ2) is 6.70. The Hall–Kier alpha value is -1.36. The molecule has 5 heteroatoms. The maximum atomic E-state index is 5.22. The van der Waals surface area contributed by atoms with E-state index in [2.05, 4.69) is 27.1 Å². The first-order chi connectivity index (χ1) is 9.20. The fourth-order valence-electron chi connectivity index (χ4n) is 2.59. The lowest BCUT2D eigenvalue weighted by Crippen LogP contribution is -2.38. The standard InChI is InChI=1S/C14H24N4O/c1-11(9-18-7-5-4-6-8-18)17-13-12(2)14(19-3)16-10-15-13/h10-11H,4-9H2,1-3H3,(H,15,16,17). The summed E-state index contributed by atoms with van der Waals surface area (Å²) in [7, 11) is 1.64. The average molecular weight is 264 g/mol. The Labute approximate surface area is 115 Å². The van der Waals surface area contributed by atoms with Gasteiger partial charge in [0.2, 0.25) is 5.88 Å². The molecule has 1 aromatic rings. The quantitative estimate of drug-likeness (QED) is 0.882. The second-order valence-corrected chi connectivity index (χ2v) is 5.26. The van der Waals surface area contributed by atoms with E-state index in [-0.39, 0.29) is 0 Å². The van der Waals surface area contributed by atoms with E-state index in [9.17, 15) is 0 Å². The van der Waals surface area contributed by atoms with Crippen molar-refractivity contribution in [2.45, 2.75) is 39.2 Å². The summed E-state index contributed by atoms with van der Waals surface area (Å²) in [6.45, 7) is 7.68. The van der Waals surface area contributed by atoms with Gasteiger partial charge in [0.05, 0.1) is 12.7 Å². The summed E-state index contributed by atoms with van der Waals surface area (Å²) in [4.78, 5) is 10.9. The molecule has 1 unspecified atom stereocenters. The molecule has 0 aliphatic carbocycles. The predicted octanol–water partition coefficient (Wildman–Crippen LogP) is 2.08. The Morgan fingerprint density at radius 3 is 2.74 bits per heavy atom. The van der Waals surface area contributed by atoms with Crippen molar-refractivity contribution < 1.29 is 4.74 Å². The SMILES string of the molecule is COc1ncnc(NC(C)CN2CCCCC2)c1C. The number of ether oxygens (including phenoxy) is 1. The van der Waals surface area contributed by atoms with Gasteiger partial charge < -0.3 is 15.0 Å². The molecule has 0 amide bonds. The van der Waals surface area contributed by atoms with E-state index in [4.69, 9.17) is 4.74 Å². The fraction of sp³-hybridized carbons (Fsp3) is 0.714. The highest BCUT2D eigenvalue weighted by atomic mass is 16.5. The summed E-state index contributed by atoms with van der Waals surface area (Å²) in [6.07, 6.45) is 5.57. The van der Waals surface area contributed by atoms with Crippen LogP contribution in [0.2, 0.25) is 0 Å². The van der Waals surface area contributed by atoms with Gasteiger partial charge >= 0.3 is 0 Å². The van der Waals surface area contributed by atoms with E-state index < -0.39 is 0 Å². The van der Waals surface area contributed by atoms with E-state index in [1.165, 1.54) is 32.4 Å². The number of nitrogens with one attached hydrogen (secondary N) is 1. The molecule has 1 aliphatic rings. The third-order valence-electron chi connectivity index (χ3n) is 3.60. The van der Waals surface area contributed by atoms with E-state index in [1.807, 2.05) is 6.92 Å². The van der Waals surface area contributed by atoms with Crippen LogP contribution in [0.3, 0.4) is 0 Å². The minimum atomic E-state index is 0.372. The van der Waals surface area contributed by atoms with Crippen LogP contribution in [0, 0.1) is 6.92 Å². The molecule has 1 N–H and O–H groups in total. The van der Waals surface area contributed by atoms with Crippen molar-refractivity contribution in [1.29, 1.82) is 0 Å². The Bertz CT molecular complexity index is 404. The van der Waals surface area contributed by atoms with Gasteiger partial charge in [0.25, 0.3) is 0 Å². The van der Waals surface area contributed by atoms with Crippen molar-refractivity contribution in [1.82, 2.24) is 14.9 Å². The molecule has 0 spiro atoms. The van der Waals surface area contributed by atoms with E-state index in [0.717, 1.165) is 17.9 Å². The smallest absolute Gasteiger partial charge is 0.221 e. The minimum absolute atomic E-state index is 0.372. The summed E-state index contributed by atoms with van der Waals surface area (Å²) in [5.41, 5.74) is 0.968. The molecule has 0 bridgehead atoms. The van der Waals surface area contributed by atoms with E-state index in [0.29, 0.717) is 11.9 Å². The van der Waals surface area contributed by atoms with Crippen LogP contribution in [-0.4, -0.2) is 47.7 Å². The average Bonchev–Trinajstić information content (AvgIpc) is 2.42. The van der Waals surface area contributed by atoms with Crippen LogP contribution in [0.25, 0.3) is 0 Å². The molecule has 1 atom stereocenters. The summed E-state index contributed by atoms with van der Waals surface area (Å²) in [5.74, 6) is 1.51. The second-order valence-electron chi connectivity index (χ2n) is 5.26. The molecule has 1 fully saturated rings. The molecule has 19 heavy (non-hydrogen) atoms. The molecule has 2 heterocycles. The molecule has 2 rings (SSSR count). The maximum Gasteiger partial charge on any atom is 0.221 e. The summed E-state index contributed by atoms with van der Waals surface area (Å²) in [5, 5.41) is 3.46. The van der Waals surface area contributed by atoms with Crippen molar-refractivity contribution in [2.75, 3.05) is 32.1 Å². The molecule has 1 saturated heterocycles. The number of piperidine rings is 1. The van der Waals surface area contributed by atoms with Crippen molar-refractivity contribution in [3.05, 3.63) is 11.9 Å². The van der Waals surface area contributed by atoms with Crippen LogP contribution in [0.5, 0.6) is 5.88 Å². The van der Waals surface area contributed by atoms with Gasteiger partial charge in [0, 0.05) is 12.6 Å². The molecule has 1 aliphatic heterocycles. The summed E-state index contributed by atoms with van der Waals surface area (Å²) < 4.78 is 5.22. The molecular weight excluding hydrogens is 240 g/mol. The fourth-order valence-corrected chi connectivity index (χ4v) is 2.59. The maximum absolute atomic E-state index is 5.22. The monoisotopic (exact) mass is 264 g/mol. The van der Waals surface area contributed by atoms with Crippen LogP contribution >= 0.6 is 0 Å². The first-order valence-electron chi connectivity index (χ1n) is 7.05. The number of anilines is 1. The van der Waals surface area contributed by atoms with E-state index >= 15 is 0 Å². The van der Waals surface area contributed by atoms with Gasteiger partial charge in [-0.1, -0.05) is 6.42 Å². The van der Waals surface area contributed by atoms with Gasteiger partial charge in [-0.05, 0) is 39.8 Å². The van der Waals surface area contributed by atoms with E-state index in [1.54, 1.807) is 13.4 Å². The molecular formula is C14H24N4O. The topological polar surface area (TPSA) is 50.3 Å². The Morgan fingerprint density at radius 2 is 2.05 bits per heavy atom. The molecule has 5 nitrogen and oxygen atoms in total. The zero-order valence-corrected chi connectivity index (χ0v) is 12.1. The van der Waals surface area contributed by atoms with Crippen LogP contribution in [0.15, 0.2) is 6.33 Å². The van der Waals surface area contributed by atoms with Crippen LogP contribution < -0.4 is 10.1 Å². The van der Waals surface area contributed by atoms with Gasteiger partial charge in [-0.15, -0.1) is 0 Å². The van der Waals surface area contributed by atoms with Gasteiger partial charge in [-0.25, -0.2) is 9.97 Å². The highest BCUT2D eigenvalue weighted by molar-refractivity contribution is 5.48. The lowest BCUT2D eigenvalue weighted by Gasteiger charge is -2.29. The first-order valence-corrected chi connectivity index (χ1v) is 7.05. The Kier molecular flexibility index (Phi) is 4.96. The number of likely N-dealkylation sites (tertiary alicyclic amines) is 1. The Balaban J connectivity index is 1.92. The van der Waals surface area contributed by atoms with Crippen LogP contribution in [0.4, 0.5) is 5.82 Å². The van der Waals surface area contributed by atoms with Crippen molar-refractivity contribution in [3.63, 3.8) is 0 Å². The number of methoxy groups -OCH3 is 1. The van der Waals surface area contributed by atoms with Crippen LogP contribution in [-0.2, 0) is 0 Å². The van der Waals surface area contributed by atoms with Crippen molar-refractivity contribution >= 4 is 5.82 Å². The normalized spacial score (nSPS) is 18.1. The molecule has 0 aromatic carbocycles. The molecule has 106 valence electrons. The van der Waals surface area contributed by atoms with Gasteiger partial charge in [-0.2, -0.15) is 0 Å². The lowest BCUT2D eigenvalue weighted by atomic mass is 10.1. The highest BCUT2D eigenvalue weighted by Crippen LogP contribution is 2.20. The van der Waals surface area contributed by atoms with Gasteiger partial charge in [0.1, 0.15) is 12.1 Å². The van der Waals surface area contributed by atoms with Crippen LogP contribution in [0.1, 0.15) is 31.7 Å². The van der Waals surface area contributed by atoms with Gasteiger partial charge in [-0.3, -0.25) is 0 Å². The molecule has 1 aromatic heterocycles. The summed E-state index contributed by atoms with van der Waals surface area (Å²) in [6, 6.07) is 0.372. The minimum Gasteiger partial charge on any atom is -0.481 e. The van der Waals surface area contributed by atoms with Gasteiger partial charge in [0.15, 0.2) is 0 Å². The molecule has 0 radical (unpaired) electrons. The third-order valence-corrected chi connectivity index (χ3v) is 3.60. The zero-order chi connectivity index (χ0) is 13.7. The zero-order valence-electron chi connectivity index (χ0n) is 12.1. The largest absolute Gasteiger partial charge is 0.481 e. The first kappa shape index (κ1) is 14.1. The van der Waals surface area contributed by atoms with Crippen molar-refractivity contribution in [2.24, 2.45) is 0 Å². The number of nitrogens with zero attached hydrogens (tertiary/aromatic N) is 3. The summed E-state index contributed by atoms with van der Waals surface area (Å²) >= 11 is 0. The highest BCUT2D eigenvalue weighted by Gasteiger charge is 2.15. The lowest BCUT2D eigenvalue weighted by molar-refractivity contribution is 0.223. The number of aromatic nitrogens is 2. The molecule has 0 saturated carbocycles. The number of hydrogen-bond donors (Lipinski definition) is 1. The number of rotatable bonds is 5. The Morgan fingerprint density at radius 1 is 1.32 bits per heavy atom. The third kappa shape index (κ3) is 3.80. The predicted molar refractivity (Wildman–Crippen MR) is 76.7 cm³/mol.